The molecule has 0 fully saturated rings. The van der Waals surface area contributed by atoms with Gasteiger partial charge in [-0.2, -0.15) is 0 Å². The summed E-state index contributed by atoms with van der Waals surface area (Å²) in [6.45, 7) is 5.45. The number of likely N-dealkylation sites (N-methyl/N-ethyl adjacent to an activating group) is 1. The Hall–Kier alpha value is -2.87. The standard InChI is InChI=1S/C24H33N3O4S/c1-6-21(24(29)25-4)26(15-14-20-10-8-7-9-11-20)23(28)17-27(32(5,30)31)22-16-18(2)12-13-19(22)3/h7-13,16,21H,6,14-15,17H2,1-5H3,(H,25,29)/t21-/m0/s1. The van der Waals surface area contributed by atoms with Crippen LogP contribution in [0.3, 0.4) is 0 Å². The lowest BCUT2D eigenvalue weighted by atomic mass is 10.1. The first kappa shape index (κ1) is 25.4. The van der Waals surface area contributed by atoms with Gasteiger partial charge in [0.1, 0.15) is 12.6 Å². The molecule has 0 radical (unpaired) electrons. The van der Waals surface area contributed by atoms with Gasteiger partial charge in [0.15, 0.2) is 0 Å². The Morgan fingerprint density at radius 3 is 2.28 bits per heavy atom. The second-order valence-electron chi connectivity index (χ2n) is 7.92. The Bertz CT molecular complexity index is 1040. The van der Waals surface area contributed by atoms with E-state index in [0.717, 1.165) is 27.3 Å². The summed E-state index contributed by atoms with van der Waals surface area (Å²) < 4.78 is 26.4. The third-order valence-electron chi connectivity index (χ3n) is 5.43. The summed E-state index contributed by atoms with van der Waals surface area (Å²) in [6.07, 6.45) is 2.07. The van der Waals surface area contributed by atoms with Crippen molar-refractivity contribution in [3.8, 4) is 0 Å². The number of rotatable bonds is 10. The van der Waals surface area contributed by atoms with E-state index in [1.807, 2.05) is 63.2 Å². The van der Waals surface area contributed by atoms with Gasteiger partial charge in [0.2, 0.25) is 21.8 Å². The minimum absolute atomic E-state index is 0.272. The number of benzene rings is 2. The molecule has 0 aliphatic heterocycles. The van der Waals surface area contributed by atoms with E-state index < -0.39 is 22.0 Å². The molecule has 0 aromatic heterocycles. The summed E-state index contributed by atoms with van der Waals surface area (Å²) in [4.78, 5) is 27.5. The highest BCUT2D eigenvalue weighted by atomic mass is 32.2. The van der Waals surface area contributed by atoms with Crippen LogP contribution in [-0.4, -0.2) is 57.6 Å². The summed E-state index contributed by atoms with van der Waals surface area (Å²) in [7, 11) is -2.19. The Kier molecular flexibility index (Phi) is 8.83. The van der Waals surface area contributed by atoms with Crippen LogP contribution in [0.25, 0.3) is 0 Å². The number of amides is 2. The summed E-state index contributed by atoms with van der Waals surface area (Å²) in [5, 5.41) is 2.62. The van der Waals surface area contributed by atoms with Crippen LogP contribution in [0.2, 0.25) is 0 Å². The van der Waals surface area contributed by atoms with Crippen LogP contribution in [0.15, 0.2) is 48.5 Å². The van der Waals surface area contributed by atoms with E-state index in [9.17, 15) is 18.0 Å². The first-order valence-electron chi connectivity index (χ1n) is 10.7. The monoisotopic (exact) mass is 459 g/mol. The molecule has 0 spiro atoms. The zero-order chi connectivity index (χ0) is 23.9. The molecule has 2 aromatic rings. The molecular formula is C24H33N3O4S. The van der Waals surface area contributed by atoms with Gasteiger partial charge in [-0.15, -0.1) is 0 Å². The highest BCUT2D eigenvalue weighted by Gasteiger charge is 2.31. The first-order chi connectivity index (χ1) is 15.1. The maximum atomic E-state index is 13.5. The van der Waals surface area contributed by atoms with Crippen molar-refractivity contribution in [2.75, 3.05) is 30.7 Å². The third-order valence-corrected chi connectivity index (χ3v) is 6.56. The molecule has 0 unspecified atom stereocenters. The van der Waals surface area contributed by atoms with Gasteiger partial charge in [-0.1, -0.05) is 49.4 Å². The van der Waals surface area contributed by atoms with Crippen molar-refractivity contribution in [2.24, 2.45) is 0 Å². The topological polar surface area (TPSA) is 86.8 Å². The Balaban J connectivity index is 2.38. The third kappa shape index (κ3) is 6.56. The molecule has 32 heavy (non-hydrogen) atoms. The summed E-state index contributed by atoms with van der Waals surface area (Å²) in [6, 6.07) is 14.5. The predicted octanol–water partition coefficient (Wildman–Crippen LogP) is 2.67. The van der Waals surface area contributed by atoms with Gasteiger partial charge in [0.25, 0.3) is 0 Å². The Morgan fingerprint density at radius 2 is 1.72 bits per heavy atom. The molecule has 0 heterocycles. The summed E-state index contributed by atoms with van der Waals surface area (Å²) in [5.41, 5.74) is 3.15. The van der Waals surface area contributed by atoms with Crippen molar-refractivity contribution < 1.29 is 18.0 Å². The van der Waals surface area contributed by atoms with Crippen LogP contribution in [0.5, 0.6) is 0 Å². The molecule has 0 saturated carbocycles. The van der Waals surface area contributed by atoms with E-state index in [0.29, 0.717) is 25.1 Å². The van der Waals surface area contributed by atoms with Crippen molar-refractivity contribution in [3.63, 3.8) is 0 Å². The molecule has 8 heteroatoms. The smallest absolute Gasteiger partial charge is 0.244 e. The van der Waals surface area contributed by atoms with Crippen molar-refractivity contribution >= 4 is 27.5 Å². The molecule has 2 rings (SSSR count). The van der Waals surface area contributed by atoms with E-state index in [1.165, 1.54) is 11.9 Å². The van der Waals surface area contributed by atoms with Gasteiger partial charge in [-0.3, -0.25) is 13.9 Å². The number of carbonyl (C=O) groups is 2. The van der Waals surface area contributed by atoms with Gasteiger partial charge in [-0.05, 0) is 49.4 Å². The average Bonchev–Trinajstić information content (AvgIpc) is 2.76. The maximum absolute atomic E-state index is 13.5. The fourth-order valence-electron chi connectivity index (χ4n) is 3.65. The van der Waals surface area contributed by atoms with E-state index in [4.69, 9.17) is 0 Å². The molecule has 0 aliphatic carbocycles. The number of nitrogens with one attached hydrogen (secondary N) is 1. The van der Waals surface area contributed by atoms with E-state index in [-0.39, 0.29) is 12.5 Å². The Morgan fingerprint density at radius 1 is 1.06 bits per heavy atom. The van der Waals surface area contributed by atoms with E-state index >= 15 is 0 Å². The minimum atomic E-state index is -3.73. The number of sulfonamides is 1. The number of nitrogens with zero attached hydrogens (tertiary/aromatic N) is 2. The van der Waals surface area contributed by atoms with Crippen molar-refractivity contribution in [1.82, 2.24) is 10.2 Å². The lowest BCUT2D eigenvalue weighted by Crippen LogP contribution is -2.52. The number of hydrogen-bond donors (Lipinski definition) is 1. The molecule has 7 nitrogen and oxygen atoms in total. The largest absolute Gasteiger partial charge is 0.357 e. The van der Waals surface area contributed by atoms with Gasteiger partial charge < -0.3 is 10.2 Å². The van der Waals surface area contributed by atoms with Gasteiger partial charge in [-0.25, -0.2) is 8.42 Å². The lowest BCUT2D eigenvalue weighted by molar-refractivity contribution is -0.139. The number of carbonyl (C=O) groups excluding carboxylic acids is 2. The highest BCUT2D eigenvalue weighted by molar-refractivity contribution is 7.92. The summed E-state index contributed by atoms with van der Waals surface area (Å²) >= 11 is 0. The van der Waals surface area contributed by atoms with Crippen LogP contribution >= 0.6 is 0 Å². The molecule has 1 N–H and O–H groups in total. The zero-order valence-electron chi connectivity index (χ0n) is 19.5. The fourth-order valence-corrected chi connectivity index (χ4v) is 4.54. The fraction of sp³-hybridized carbons (Fsp3) is 0.417. The molecule has 174 valence electrons. The second-order valence-corrected chi connectivity index (χ2v) is 9.83. The average molecular weight is 460 g/mol. The van der Waals surface area contributed by atoms with Crippen LogP contribution in [0.1, 0.15) is 30.0 Å². The van der Waals surface area contributed by atoms with Crippen molar-refractivity contribution in [1.29, 1.82) is 0 Å². The number of aryl methyl sites for hydroxylation is 2. The predicted molar refractivity (Wildman–Crippen MR) is 128 cm³/mol. The molecule has 0 bridgehead atoms. The highest BCUT2D eigenvalue weighted by Crippen LogP contribution is 2.24. The second kappa shape index (κ2) is 11.1. The van der Waals surface area contributed by atoms with Gasteiger partial charge >= 0.3 is 0 Å². The maximum Gasteiger partial charge on any atom is 0.244 e. The number of hydrogen-bond acceptors (Lipinski definition) is 4. The normalized spacial score (nSPS) is 12.2. The molecule has 2 amide bonds. The van der Waals surface area contributed by atoms with Crippen LogP contribution in [-0.2, 0) is 26.0 Å². The molecule has 0 aliphatic rings. The van der Waals surface area contributed by atoms with E-state index in [2.05, 4.69) is 5.32 Å². The van der Waals surface area contributed by atoms with Gasteiger partial charge in [0.05, 0.1) is 11.9 Å². The lowest BCUT2D eigenvalue weighted by Gasteiger charge is -2.33. The SMILES string of the molecule is CC[C@@H](C(=O)NC)N(CCc1ccccc1)C(=O)CN(c1cc(C)ccc1C)S(C)(=O)=O. The first-order valence-corrected chi connectivity index (χ1v) is 12.5. The van der Waals surface area contributed by atoms with Crippen LogP contribution in [0.4, 0.5) is 5.69 Å². The quantitative estimate of drug-likeness (QED) is 0.592. The minimum Gasteiger partial charge on any atom is -0.357 e. The van der Waals surface area contributed by atoms with Crippen LogP contribution < -0.4 is 9.62 Å². The zero-order valence-corrected chi connectivity index (χ0v) is 20.3. The Labute approximate surface area is 191 Å². The van der Waals surface area contributed by atoms with Crippen LogP contribution in [0, 0.1) is 13.8 Å². The molecule has 2 aromatic carbocycles. The van der Waals surface area contributed by atoms with Crippen molar-refractivity contribution in [2.45, 2.75) is 39.7 Å². The number of anilines is 1. The van der Waals surface area contributed by atoms with E-state index in [1.54, 1.807) is 6.07 Å². The van der Waals surface area contributed by atoms with Crippen molar-refractivity contribution in [3.05, 3.63) is 65.2 Å². The molecule has 0 saturated heterocycles. The molecule has 1 atom stereocenters. The van der Waals surface area contributed by atoms with Gasteiger partial charge in [0, 0.05) is 13.6 Å². The molecular weight excluding hydrogens is 426 g/mol. The summed E-state index contributed by atoms with van der Waals surface area (Å²) in [5.74, 6) is -0.686.